The molecule has 2 aliphatic heterocycles. The van der Waals surface area contributed by atoms with Crippen molar-refractivity contribution in [2.45, 2.75) is 71.4 Å². The Kier molecular flexibility index (Phi) is 4.01. The Balaban J connectivity index is 1.57. The first kappa shape index (κ1) is 18.0. The number of fused-ring (bicyclic) bond motifs is 1. The fraction of sp³-hybridized carbons (Fsp3) is 0.647. The Morgan fingerprint density at radius 3 is 1.72 bits per heavy atom. The fourth-order valence-electron chi connectivity index (χ4n) is 2.94. The summed E-state index contributed by atoms with van der Waals surface area (Å²) >= 11 is 3.45. The molecule has 2 aromatic heterocycles. The second-order valence-electron chi connectivity index (χ2n) is 8.45. The molecule has 0 aliphatic carbocycles. The summed E-state index contributed by atoms with van der Waals surface area (Å²) in [5.41, 5.74) is -0.878. The Bertz CT molecular complexity index is 763. The van der Waals surface area contributed by atoms with Gasteiger partial charge in [0.05, 0.1) is 22.9 Å². The Morgan fingerprint density at radius 2 is 1.28 bits per heavy atom. The first-order valence-electron chi connectivity index (χ1n) is 8.71. The van der Waals surface area contributed by atoms with Gasteiger partial charge in [-0.1, -0.05) is 0 Å². The van der Waals surface area contributed by atoms with Crippen molar-refractivity contribution in [2.24, 2.45) is 0 Å². The van der Waals surface area contributed by atoms with Crippen molar-refractivity contribution in [3.63, 3.8) is 0 Å². The molecule has 4 heterocycles. The second kappa shape index (κ2) is 5.57. The van der Waals surface area contributed by atoms with Crippen LogP contribution in [0.3, 0.4) is 0 Å². The summed E-state index contributed by atoms with van der Waals surface area (Å²) in [5, 5.41) is 0. The van der Waals surface area contributed by atoms with Crippen molar-refractivity contribution in [1.82, 2.24) is 0 Å². The molecule has 1 unspecified atom stereocenters. The number of thiophene rings is 2. The molecule has 2 aromatic rings. The maximum atomic E-state index is 6.16. The SMILES string of the molecule is CC1OB(c2cc3sc(B4OC(C)(C)C(C)(C)O4)cc3s2)OC1(C)C. The molecule has 0 amide bonds. The lowest BCUT2D eigenvalue weighted by atomic mass is 9.88. The molecule has 1 atom stereocenters. The number of rotatable bonds is 2. The molecular formula is C17H24B2O4S2. The van der Waals surface area contributed by atoms with Crippen LogP contribution < -0.4 is 9.55 Å². The maximum Gasteiger partial charge on any atom is 0.505 e. The van der Waals surface area contributed by atoms with Gasteiger partial charge in [-0.2, -0.15) is 0 Å². The summed E-state index contributed by atoms with van der Waals surface area (Å²) in [4.78, 5) is 0. The van der Waals surface area contributed by atoms with Gasteiger partial charge in [0.25, 0.3) is 0 Å². The molecular weight excluding hydrogens is 354 g/mol. The van der Waals surface area contributed by atoms with E-state index >= 15 is 0 Å². The molecule has 0 spiro atoms. The molecule has 0 bridgehead atoms. The first-order chi connectivity index (χ1) is 11.5. The lowest BCUT2D eigenvalue weighted by molar-refractivity contribution is 0.00578. The third-order valence-electron chi connectivity index (χ3n) is 5.68. The average molecular weight is 378 g/mol. The van der Waals surface area contributed by atoms with Gasteiger partial charge in [0.2, 0.25) is 0 Å². The molecule has 4 rings (SSSR count). The molecule has 0 radical (unpaired) electrons. The van der Waals surface area contributed by atoms with Crippen molar-refractivity contribution in [3.05, 3.63) is 12.1 Å². The van der Waals surface area contributed by atoms with E-state index in [1.807, 2.05) is 0 Å². The van der Waals surface area contributed by atoms with Gasteiger partial charge >= 0.3 is 14.2 Å². The smallest absolute Gasteiger partial charge is 0.401 e. The summed E-state index contributed by atoms with van der Waals surface area (Å²) in [6.07, 6.45) is 0.0814. The first-order valence-corrected chi connectivity index (χ1v) is 10.3. The molecule has 0 aromatic carbocycles. The molecule has 134 valence electrons. The molecule has 4 nitrogen and oxygen atoms in total. The molecule has 0 N–H and O–H groups in total. The number of hydrogen-bond donors (Lipinski definition) is 0. The van der Waals surface area contributed by atoms with E-state index < -0.39 is 0 Å². The second-order valence-corrected chi connectivity index (χ2v) is 10.7. The zero-order valence-electron chi connectivity index (χ0n) is 15.8. The Labute approximate surface area is 158 Å². The minimum atomic E-state index is -0.312. The largest absolute Gasteiger partial charge is 0.505 e. The maximum absolute atomic E-state index is 6.16. The highest BCUT2D eigenvalue weighted by molar-refractivity contribution is 7.36. The quantitative estimate of drug-likeness (QED) is 0.753. The van der Waals surface area contributed by atoms with E-state index in [-0.39, 0.29) is 37.1 Å². The van der Waals surface area contributed by atoms with Crippen molar-refractivity contribution in [1.29, 1.82) is 0 Å². The van der Waals surface area contributed by atoms with Crippen LogP contribution in [-0.2, 0) is 18.6 Å². The highest BCUT2D eigenvalue weighted by Gasteiger charge is 2.52. The van der Waals surface area contributed by atoms with Crippen molar-refractivity contribution >= 4 is 55.9 Å². The van der Waals surface area contributed by atoms with Gasteiger partial charge in [-0.15, -0.1) is 22.7 Å². The molecule has 25 heavy (non-hydrogen) atoms. The van der Waals surface area contributed by atoms with E-state index in [0.717, 1.165) is 9.55 Å². The third-order valence-corrected chi connectivity index (χ3v) is 8.02. The van der Waals surface area contributed by atoms with Crippen LogP contribution >= 0.6 is 22.7 Å². The Morgan fingerprint density at radius 1 is 0.800 bits per heavy atom. The highest BCUT2D eigenvalue weighted by atomic mass is 32.1. The van der Waals surface area contributed by atoms with E-state index in [9.17, 15) is 0 Å². The van der Waals surface area contributed by atoms with E-state index in [4.69, 9.17) is 18.6 Å². The predicted molar refractivity (Wildman–Crippen MR) is 107 cm³/mol. The zero-order valence-corrected chi connectivity index (χ0v) is 17.5. The molecule has 2 aliphatic rings. The van der Waals surface area contributed by atoms with Gasteiger partial charge in [0.15, 0.2) is 0 Å². The van der Waals surface area contributed by atoms with Crippen molar-refractivity contribution in [3.8, 4) is 0 Å². The van der Waals surface area contributed by atoms with Crippen LogP contribution in [0.4, 0.5) is 0 Å². The van der Waals surface area contributed by atoms with Gasteiger partial charge in [-0.05, 0) is 60.6 Å². The van der Waals surface area contributed by atoms with E-state index in [1.165, 1.54) is 9.40 Å². The topological polar surface area (TPSA) is 36.9 Å². The molecule has 2 saturated heterocycles. The Hall–Kier alpha value is -0.370. The molecule has 8 heteroatoms. The van der Waals surface area contributed by atoms with Crippen LogP contribution in [0.5, 0.6) is 0 Å². The van der Waals surface area contributed by atoms with Crippen molar-refractivity contribution in [2.75, 3.05) is 0 Å². The minimum absolute atomic E-state index is 0.0814. The summed E-state index contributed by atoms with van der Waals surface area (Å²) < 4.78 is 29.1. The molecule has 2 fully saturated rings. The molecule has 0 saturated carbocycles. The van der Waals surface area contributed by atoms with Crippen LogP contribution in [0.25, 0.3) is 9.40 Å². The monoisotopic (exact) mass is 378 g/mol. The summed E-state index contributed by atoms with van der Waals surface area (Å²) in [5.74, 6) is 0. The van der Waals surface area contributed by atoms with E-state index in [2.05, 4.69) is 60.6 Å². The van der Waals surface area contributed by atoms with Gasteiger partial charge in [0, 0.05) is 19.0 Å². The van der Waals surface area contributed by atoms with Gasteiger partial charge in [-0.25, -0.2) is 0 Å². The zero-order chi connectivity index (χ0) is 18.2. The fourth-order valence-corrected chi connectivity index (χ4v) is 5.28. The van der Waals surface area contributed by atoms with E-state index in [0.29, 0.717) is 0 Å². The van der Waals surface area contributed by atoms with Gasteiger partial charge in [-0.3, -0.25) is 0 Å². The summed E-state index contributed by atoms with van der Waals surface area (Å²) in [6, 6.07) is 4.36. The highest BCUT2D eigenvalue weighted by Crippen LogP contribution is 2.38. The summed E-state index contributed by atoms with van der Waals surface area (Å²) in [7, 11) is -0.564. The number of hydrogen-bond acceptors (Lipinski definition) is 6. The van der Waals surface area contributed by atoms with Crippen LogP contribution in [0, 0.1) is 0 Å². The van der Waals surface area contributed by atoms with Crippen LogP contribution in [0.1, 0.15) is 48.5 Å². The predicted octanol–water partition coefficient (Wildman–Crippen LogP) is 3.17. The van der Waals surface area contributed by atoms with Crippen LogP contribution in [0.15, 0.2) is 12.1 Å². The normalized spacial score (nSPS) is 27.6. The summed E-state index contributed by atoms with van der Waals surface area (Å²) in [6.45, 7) is 14.5. The van der Waals surface area contributed by atoms with Crippen LogP contribution in [-0.4, -0.2) is 37.1 Å². The van der Waals surface area contributed by atoms with Gasteiger partial charge in [0.1, 0.15) is 0 Å². The minimum Gasteiger partial charge on any atom is -0.401 e. The van der Waals surface area contributed by atoms with Crippen LogP contribution in [0.2, 0.25) is 0 Å². The van der Waals surface area contributed by atoms with Gasteiger partial charge < -0.3 is 18.6 Å². The third kappa shape index (κ3) is 2.91. The van der Waals surface area contributed by atoms with Crippen molar-refractivity contribution < 1.29 is 18.6 Å². The van der Waals surface area contributed by atoms with E-state index in [1.54, 1.807) is 22.7 Å². The lowest BCUT2D eigenvalue weighted by Crippen LogP contribution is -2.41. The average Bonchev–Trinajstić information content (AvgIpc) is 3.12. The standard InChI is InChI=1S/C17H24B2O4S2/c1-10-15(2,3)21-18(20-10)13-8-11-12(24-13)9-14(25-11)19-22-16(4,5)17(6,7)23-19/h8-10H,1-7H3. The lowest BCUT2D eigenvalue weighted by Gasteiger charge is -2.32.